The van der Waals surface area contributed by atoms with Crippen LogP contribution in [-0.4, -0.2) is 15.8 Å². The van der Waals surface area contributed by atoms with E-state index in [4.69, 9.17) is 16.3 Å². The topological polar surface area (TPSA) is 97.3 Å². The van der Waals surface area contributed by atoms with Crippen LogP contribution in [0.25, 0.3) is 10.9 Å². The number of para-hydroxylation sites is 1. The van der Waals surface area contributed by atoms with E-state index in [2.05, 4.69) is 10.3 Å². The van der Waals surface area contributed by atoms with Crippen molar-refractivity contribution >= 4 is 39.8 Å². The van der Waals surface area contributed by atoms with Gasteiger partial charge in [-0.3, -0.25) is 14.9 Å². The maximum atomic E-state index is 12.5. The van der Waals surface area contributed by atoms with Crippen LogP contribution in [0.1, 0.15) is 10.5 Å². The van der Waals surface area contributed by atoms with Crippen molar-refractivity contribution in [3.63, 3.8) is 0 Å². The van der Waals surface area contributed by atoms with Crippen LogP contribution in [-0.2, 0) is 0 Å². The maximum Gasteiger partial charge on any atom is 0.294 e. The van der Waals surface area contributed by atoms with Gasteiger partial charge < -0.3 is 15.0 Å². The number of H-pyrrole nitrogens is 1. The third-order valence-electron chi connectivity index (χ3n) is 4.20. The summed E-state index contributed by atoms with van der Waals surface area (Å²) in [5, 5.41) is 14.7. The van der Waals surface area contributed by atoms with Crippen molar-refractivity contribution in [3.8, 4) is 11.5 Å². The number of nitrogens with one attached hydrogen (secondary N) is 2. The highest BCUT2D eigenvalue weighted by atomic mass is 35.5. The van der Waals surface area contributed by atoms with Crippen LogP contribution in [0.3, 0.4) is 0 Å². The number of carbonyl (C=O) groups is 1. The number of nitro groups is 1. The summed E-state index contributed by atoms with van der Waals surface area (Å²) in [4.78, 5) is 26.0. The van der Waals surface area contributed by atoms with Crippen LogP contribution in [0, 0.1) is 10.1 Å². The number of amides is 1. The van der Waals surface area contributed by atoms with Gasteiger partial charge in [-0.05, 0) is 48.5 Å². The number of carbonyl (C=O) groups excluding carboxylic acids is 1. The summed E-state index contributed by atoms with van der Waals surface area (Å²) in [7, 11) is 0. The molecule has 1 heterocycles. The number of aromatic amines is 1. The SMILES string of the molecule is O=C(Nc1ccc(Oc2ccccc2)cc1)c1cc2cc(Cl)cc([N+](=O)[O-])c2[nH]1. The van der Waals surface area contributed by atoms with Crippen molar-refractivity contribution in [1.29, 1.82) is 0 Å². The van der Waals surface area contributed by atoms with Crippen LogP contribution in [0.2, 0.25) is 5.02 Å². The summed E-state index contributed by atoms with van der Waals surface area (Å²) < 4.78 is 5.71. The minimum absolute atomic E-state index is 0.186. The molecule has 0 aliphatic carbocycles. The molecule has 0 saturated heterocycles. The molecule has 8 heteroatoms. The number of benzene rings is 3. The lowest BCUT2D eigenvalue weighted by molar-refractivity contribution is -0.383. The predicted molar refractivity (Wildman–Crippen MR) is 111 cm³/mol. The number of hydrogen-bond donors (Lipinski definition) is 2. The molecule has 0 bridgehead atoms. The fourth-order valence-corrected chi connectivity index (χ4v) is 3.11. The molecular weight excluding hydrogens is 394 g/mol. The third kappa shape index (κ3) is 4.04. The standard InChI is InChI=1S/C21H14ClN3O4/c22-14-10-13-11-18(24-20(13)19(12-14)25(27)28)21(26)23-15-6-8-17(9-7-15)29-16-4-2-1-3-5-16/h1-12,24H,(H,23,26). The normalized spacial score (nSPS) is 10.7. The number of nitro benzene ring substituents is 1. The average molecular weight is 408 g/mol. The summed E-state index contributed by atoms with van der Waals surface area (Å²) >= 11 is 5.93. The largest absolute Gasteiger partial charge is 0.457 e. The van der Waals surface area contributed by atoms with Crippen LogP contribution >= 0.6 is 11.6 Å². The van der Waals surface area contributed by atoms with Gasteiger partial charge >= 0.3 is 0 Å². The van der Waals surface area contributed by atoms with Crippen molar-refractivity contribution in [2.75, 3.05) is 5.32 Å². The molecule has 0 aliphatic rings. The van der Waals surface area contributed by atoms with Crippen LogP contribution in [0.5, 0.6) is 11.5 Å². The maximum absolute atomic E-state index is 12.5. The van der Waals surface area contributed by atoms with Crippen LogP contribution in [0.4, 0.5) is 11.4 Å². The lowest BCUT2D eigenvalue weighted by atomic mass is 10.2. The van der Waals surface area contributed by atoms with Gasteiger partial charge in [0.2, 0.25) is 0 Å². The average Bonchev–Trinajstić information content (AvgIpc) is 3.13. The lowest BCUT2D eigenvalue weighted by Crippen LogP contribution is -2.12. The Balaban J connectivity index is 1.52. The second-order valence-electron chi connectivity index (χ2n) is 6.22. The van der Waals surface area contributed by atoms with E-state index in [1.807, 2.05) is 30.3 Å². The molecule has 0 unspecified atom stereocenters. The Bertz CT molecular complexity index is 1200. The number of ether oxygens (including phenoxy) is 1. The van der Waals surface area contributed by atoms with E-state index in [1.165, 1.54) is 12.1 Å². The van der Waals surface area contributed by atoms with E-state index < -0.39 is 10.8 Å². The van der Waals surface area contributed by atoms with Crippen molar-refractivity contribution in [1.82, 2.24) is 4.98 Å². The molecule has 1 amide bonds. The highest BCUT2D eigenvalue weighted by Crippen LogP contribution is 2.30. The smallest absolute Gasteiger partial charge is 0.294 e. The summed E-state index contributed by atoms with van der Waals surface area (Å²) in [6, 6.07) is 20.6. The molecule has 0 atom stereocenters. The predicted octanol–water partition coefficient (Wildman–Crippen LogP) is 5.77. The summed E-state index contributed by atoms with van der Waals surface area (Å²) in [5.74, 6) is 0.913. The number of rotatable bonds is 5. The van der Waals surface area contributed by atoms with Crippen molar-refractivity contribution in [2.45, 2.75) is 0 Å². The van der Waals surface area contributed by atoms with Gasteiger partial charge in [0, 0.05) is 22.2 Å². The number of hydrogen-bond acceptors (Lipinski definition) is 4. The fraction of sp³-hybridized carbons (Fsp3) is 0. The highest BCUT2D eigenvalue weighted by molar-refractivity contribution is 6.31. The van der Waals surface area contributed by atoms with Gasteiger partial charge in [0.1, 0.15) is 22.7 Å². The molecule has 1 aromatic heterocycles. The van der Waals surface area contributed by atoms with Crippen LogP contribution < -0.4 is 10.1 Å². The molecule has 3 aromatic carbocycles. The Kier molecular flexibility index (Phi) is 4.88. The van der Waals surface area contributed by atoms with Gasteiger partial charge in [-0.1, -0.05) is 29.8 Å². The highest BCUT2D eigenvalue weighted by Gasteiger charge is 2.18. The third-order valence-corrected chi connectivity index (χ3v) is 4.42. The van der Waals surface area contributed by atoms with Gasteiger partial charge in [0.15, 0.2) is 0 Å². The molecule has 144 valence electrons. The zero-order chi connectivity index (χ0) is 20.4. The van der Waals surface area contributed by atoms with Crippen LogP contribution in [0.15, 0.2) is 72.8 Å². The van der Waals surface area contributed by atoms with E-state index in [9.17, 15) is 14.9 Å². The first-order valence-corrected chi connectivity index (χ1v) is 8.98. The monoisotopic (exact) mass is 407 g/mol. The second kappa shape index (κ2) is 7.65. The molecule has 4 aromatic rings. The van der Waals surface area contributed by atoms with Gasteiger partial charge in [0.05, 0.1) is 4.92 Å². The second-order valence-corrected chi connectivity index (χ2v) is 6.66. The van der Waals surface area contributed by atoms with Gasteiger partial charge in [0.25, 0.3) is 11.6 Å². The summed E-state index contributed by atoms with van der Waals surface area (Å²) in [6.45, 7) is 0. The van der Waals surface area contributed by atoms with Crippen molar-refractivity contribution < 1.29 is 14.5 Å². The Hall–Kier alpha value is -3.84. The quantitative estimate of drug-likeness (QED) is 0.324. The molecule has 0 spiro atoms. The number of anilines is 1. The van der Waals surface area contributed by atoms with Crippen molar-refractivity contribution in [2.24, 2.45) is 0 Å². The molecule has 29 heavy (non-hydrogen) atoms. The first-order valence-electron chi connectivity index (χ1n) is 8.60. The zero-order valence-corrected chi connectivity index (χ0v) is 15.6. The molecule has 2 N–H and O–H groups in total. The van der Waals surface area contributed by atoms with Gasteiger partial charge in [-0.15, -0.1) is 0 Å². The molecule has 4 rings (SSSR count). The zero-order valence-electron chi connectivity index (χ0n) is 14.9. The Morgan fingerprint density at radius 2 is 1.69 bits per heavy atom. The number of fused-ring (bicyclic) bond motifs is 1. The Morgan fingerprint density at radius 3 is 2.38 bits per heavy atom. The number of aromatic nitrogens is 1. The molecule has 0 saturated carbocycles. The summed E-state index contributed by atoms with van der Waals surface area (Å²) in [5.41, 5.74) is 0.807. The van der Waals surface area contributed by atoms with E-state index in [1.54, 1.807) is 30.3 Å². The van der Waals surface area contributed by atoms with E-state index in [0.29, 0.717) is 22.6 Å². The Labute approximate surface area is 170 Å². The van der Waals surface area contributed by atoms with Gasteiger partial charge in [-0.2, -0.15) is 0 Å². The van der Waals surface area contributed by atoms with E-state index >= 15 is 0 Å². The molecular formula is C21H14ClN3O4. The first-order chi connectivity index (χ1) is 14.0. The summed E-state index contributed by atoms with van der Waals surface area (Å²) in [6.07, 6.45) is 0. The van der Waals surface area contributed by atoms with Crippen molar-refractivity contribution in [3.05, 3.63) is 93.6 Å². The molecule has 0 radical (unpaired) electrons. The first kappa shape index (κ1) is 18.5. The van der Waals surface area contributed by atoms with E-state index in [-0.39, 0.29) is 21.9 Å². The Morgan fingerprint density at radius 1 is 1.00 bits per heavy atom. The van der Waals surface area contributed by atoms with Gasteiger partial charge in [-0.25, -0.2) is 0 Å². The lowest BCUT2D eigenvalue weighted by Gasteiger charge is -2.07. The number of nitrogens with zero attached hydrogens (tertiary/aromatic N) is 1. The van der Waals surface area contributed by atoms with E-state index in [0.717, 1.165) is 0 Å². The molecule has 0 fully saturated rings. The molecule has 0 aliphatic heterocycles. The number of halogens is 1. The molecule has 7 nitrogen and oxygen atoms in total. The fourth-order valence-electron chi connectivity index (χ4n) is 2.89. The number of non-ortho nitro benzene ring substituents is 1. The minimum Gasteiger partial charge on any atom is -0.457 e. The minimum atomic E-state index is -0.544.